The quantitative estimate of drug-likeness (QED) is 0.733. The van der Waals surface area contributed by atoms with Gasteiger partial charge < -0.3 is 10.2 Å². The summed E-state index contributed by atoms with van der Waals surface area (Å²) in [4.78, 5) is 31.7. The first-order valence-electron chi connectivity index (χ1n) is 9.47. The summed E-state index contributed by atoms with van der Waals surface area (Å²) >= 11 is 0. The topological polar surface area (TPSA) is 83.9 Å². The van der Waals surface area contributed by atoms with Gasteiger partial charge in [0, 0.05) is 29.7 Å². The van der Waals surface area contributed by atoms with Crippen molar-refractivity contribution in [3.05, 3.63) is 60.4 Å². The van der Waals surface area contributed by atoms with Gasteiger partial charge in [-0.15, -0.1) is 0 Å². The Bertz CT molecular complexity index is 1010. The summed E-state index contributed by atoms with van der Waals surface area (Å²) in [6.07, 6.45) is 7.23. The third-order valence-electron chi connectivity index (χ3n) is 5.12. The van der Waals surface area contributed by atoms with Crippen molar-refractivity contribution >= 4 is 17.5 Å². The number of hydrogen-bond acceptors (Lipinski definition) is 6. The molecule has 3 aromatic rings. The lowest BCUT2D eigenvalue weighted by molar-refractivity contribution is -0.117. The van der Waals surface area contributed by atoms with Crippen molar-refractivity contribution in [2.45, 2.75) is 38.8 Å². The molecular formula is C21H21FN6O. The van der Waals surface area contributed by atoms with Gasteiger partial charge in [0.1, 0.15) is 6.04 Å². The first kappa shape index (κ1) is 18.9. The molecule has 3 heterocycles. The number of nitrogens with zero attached hydrogens (tertiary/aromatic N) is 5. The van der Waals surface area contributed by atoms with Crippen LogP contribution in [0.25, 0.3) is 11.4 Å². The van der Waals surface area contributed by atoms with E-state index in [4.69, 9.17) is 0 Å². The van der Waals surface area contributed by atoms with Crippen LogP contribution in [0.15, 0.2) is 49.1 Å². The predicted octanol–water partition coefficient (Wildman–Crippen LogP) is 3.38. The molecule has 1 N–H and O–H groups in total. The fourth-order valence-corrected chi connectivity index (χ4v) is 3.62. The average molecular weight is 392 g/mol. The van der Waals surface area contributed by atoms with Crippen LogP contribution >= 0.6 is 0 Å². The molecule has 1 fully saturated rings. The van der Waals surface area contributed by atoms with E-state index in [1.165, 1.54) is 0 Å². The van der Waals surface area contributed by atoms with E-state index >= 15 is 0 Å². The molecule has 0 bridgehead atoms. The first-order chi connectivity index (χ1) is 14.0. The third-order valence-corrected chi connectivity index (χ3v) is 5.12. The standard InChI is InChI=1S/C21H21FN6O/c1-13-4-6-16(10-17(13)19-25-11-15(22)12-26-19)27-20(29)18-7-5-14(2)28(18)21-23-8-3-9-24-21/h3-4,6,8-12,14,18H,5,7H2,1-2H3,(H,27,29)/t14?,18-/m1/s1. The van der Waals surface area contributed by atoms with Gasteiger partial charge in [0.25, 0.3) is 0 Å². The Morgan fingerprint density at radius 3 is 2.59 bits per heavy atom. The zero-order valence-electron chi connectivity index (χ0n) is 16.2. The molecule has 1 amide bonds. The number of carbonyl (C=O) groups is 1. The highest BCUT2D eigenvalue weighted by atomic mass is 19.1. The van der Waals surface area contributed by atoms with Crippen molar-refractivity contribution in [1.82, 2.24) is 19.9 Å². The second-order valence-electron chi connectivity index (χ2n) is 7.14. The molecule has 7 nitrogen and oxygen atoms in total. The second kappa shape index (κ2) is 7.90. The number of aryl methyl sites for hydroxylation is 1. The fraction of sp³-hybridized carbons (Fsp3) is 0.286. The van der Waals surface area contributed by atoms with Crippen molar-refractivity contribution in [2.75, 3.05) is 10.2 Å². The van der Waals surface area contributed by atoms with E-state index in [1.807, 2.05) is 30.0 Å². The zero-order chi connectivity index (χ0) is 20.4. The Labute approximate surface area is 168 Å². The van der Waals surface area contributed by atoms with E-state index in [0.717, 1.165) is 36.4 Å². The molecule has 1 aliphatic rings. The Balaban J connectivity index is 1.57. The number of benzene rings is 1. The van der Waals surface area contributed by atoms with Gasteiger partial charge in [0.15, 0.2) is 11.6 Å². The van der Waals surface area contributed by atoms with E-state index in [0.29, 0.717) is 17.5 Å². The fourth-order valence-electron chi connectivity index (χ4n) is 3.62. The molecule has 148 valence electrons. The smallest absolute Gasteiger partial charge is 0.247 e. The highest BCUT2D eigenvalue weighted by molar-refractivity contribution is 5.97. The maximum Gasteiger partial charge on any atom is 0.247 e. The van der Waals surface area contributed by atoms with E-state index in [1.54, 1.807) is 18.5 Å². The molecule has 1 saturated heterocycles. The molecule has 1 unspecified atom stereocenters. The molecule has 1 aromatic carbocycles. The number of halogens is 1. The minimum atomic E-state index is -0.491. The molecular weight excluding hydrogens is 371 g/mol. The second-order valence-corrected chi connectivity index (χ2v) is 7.14. The summed E-state index contributed by atoms with van der Waals surface area (Å²) < 4.78 is 13.1. The Morgan fingerprint density at radius 1 is 1.14 bits per heavy atom. The van der Waals surface area contributed by atoms with Gasteiger partial charge in [-0.2, -0.15) is 0 Å². The number of rotatable bonds is 4. The summed E-state index contributed by atoms with van der Waals surface area (Å²) in [5, 5.41) is 2.99. The molecule has 4 rings (SSSR count). The van der Waals surface area contributed by atoms with E-state index in [9.17, 15) is 9.18 Å². The lowest BCUT2D eigenvalue weighted by atomic mass is 10.1. The Hall–Kier alpha value is -3.42. The van der Waals surface area contributed by atoms with Gasteiger partial charge in [-0.3, -0.25) is 4.79 Å². The maximum absolute atomic E-state index is 13.1. The molecule has 0 radical (unpaired) electrons. The van der Waals surface area contributed by atoms with Gasteiger partial charge in [0.05, 0.1) is 12.4 Å². The van der Waals surface area contributed by atoms with Crippen molar-refractivity contribution in [1.29, 1.82) is 0 Å². The highest BCUT2D eigenvalue weighted by Crippen LogP contribution is 2.29. The molecule has 8 heteroatoms. The molecule has 2 atom stereocenters. The first-order valence-corrected chi connectivity index (χ1v) is 9.47. The third kappa shape index (κ3) is 3.91. The van der Waals surface area contributed by atoms with Gasteiger partial charge in [-0.1, -0.05) is 6.07 Å². The highest BCUT2D eigenvalue weighted by Gasteiger charge is 2.37. The monoisotopic (exact) mass is 392 g/mol. The Morgan fingerprint density at radius 2 is 1.86 bits per heavy atom. The molecule has 2 aromatic heterocycles. The van der Waals surface area contributed by atoms with Crippen molar-refractivity contribution in [2.24, 2.45) is 0 Å². The van der Waals surface area contributed by atoms with Crippen molar-refractivity contribution in [3.8, 4) is 11.4 Å². The van der Waals surface area contributed by atoms with Gasteiger partial charge in [0.2, 0.25) is 11.9 Å². The summed E-state index contributed by atoms with van der Waals surface area (Å²) in [5.74, 6) is 0.363. The zero-order valence-corrected chi connectivity index (χ0v) is 16.2. The normalized spacial score (nSPS) is 18.7. The summed E-state index contributed by atoms with van der Waals surface area (Å²) in [7, 11) is 0. The average Bonchev–Trinajstić information content (AvgIpc) is 3.12. The van der Waals surface area contributed by atoms with Crippen LogP contribution in [0.5, 0.6) is 0 Å². The van der Waals surface area contributed by atoms with Crippen LogP contribution < -0.4 is 10.2 Å². The van der Waals surface area contributed by atoms with Crippen LogP contribution in [-0.2, 0) is 4.79 Å². The van der Waals surface area contributed by atoms with Gasteiger partial charge in [-0.25, -0.2) is 24.3 Å². The molecule has 1 aliphatic heterocycles. The van der Waals surface area contributed by atoms with Crippen LogP contribution in [-0.4, -0.2) is 37.9 Å². The number of nitrogens with one attached hydrogen (secondary N) is 1. The maximum atomic E-state index is 13.1. The SMILES string of the molecule is Cc1ccc(NC(=O)[C@H]2CCC(C)N2c2ncccn2)cc1-c1ncc(F)cn1. The lowest BCUT2D eigenvalue weighted by Crippen LogP contribution is -2.43. The van der Waals surface area contributed by atoms with Crippen LogP contribution in [0, 0.1) is 12.7 Å². The molecule has 0 spiro atoms. The van der Waals surface area contributed by atoms with Crippen molar-refractivity contribution in [3.63, 3.8) is 0 Å². The van der Waals surface area contributed by atoms with Crippen LogP contribution in [0.4, 0.5) is 16.0 Å². The summed E-state index contributed by atoms with van der Waals surface area (Å²) in [5.41, 5.74) is 2.31. The number of anilines is 2. The molecule has 0 saturated carbocycles. The number of carbonyl (C=O) groups excluding carboxylic acids is 1. The minimum Gasteiger partial charge on any atom is -0.326 e. The lowest BCUT2D eigenvalue weighted by Gasteiger charge is -2.27. The van der Waals surface area contributed by atoms with Crippen LogP contribution in [0.1, 0.15) is 25.3 Å². The largest absolute Gasteiger partial charge is 0.326 e. The molecule has 0 aliphatic carbocycles. The Kier molecular flexibility index (Phi) is 5.16. The number of aromatic nitrogens is 4. The predicted molar refractivity (Wildman–Crippen MR) is 108 cm³/mol. The van der Waals surface area contributed by atoms with E-state index in [-0.39, 0.29) is 18.0 Å². The van der Waals surface area contributed by atoms with Crippen LogP contribution in [0.2, 0.25) is 0 Å². The van der Waals surface area contributed by atoms with Gasteiger partial charge >= 0.3 is 0 Å². The number of hydrogen-bond donors (Lipinski definition) is 1. The summed E-state index contributed by atoms with van der Waals surface area (Å²) in [6, 6.07) is 7.11. The van der Waals surface area contributed by atoms with E-state index in [2.05, 4.69) is 32.2 Å². The molecule has 29 heavy (non-hydrogen) atoms. The van der Waals surface area contributed by atoms with Crippen LogP contribution in [0.3, 0.4) is 0 Å². The van der Waals surface area contributed by atoms with Gasteiger partial charge in [-0.05, 0) is 50.5 Å². The van der Waals surface area contributed by atoms with Crippen molar-refractivity contribution < 1.29 is 9.18 Å². The minimum absolute atomic E-state index is 0.114. The number of amides is 1. The van der Waals surface area contributed by atoms with E-state index < -0.39 is 5.82 Å². The summed E-state index contributed by atoms with van der Waals surface area (Å²) in [6.45, 7) is 3.99.